The number of anilines is 1. The summed E-state index contributed by atoms with van der Waals surface area (Å²) in [6.45, 7) is 0. The molecule has 2 N–H and O–H groups in total. The summed E-state index contributed by atoms with van der Waals surface area (Å²) in [5.41, 5.74) is 4.75. The summed E-state index contributed by atoms with van der Waals surface area (Å²) in [7, 11) is -2.39. The lowest BCUT2D eigenvalue weighted by atomic mass is 10.3. The molecule has 1 aromatic rings. The van der Waals surface area contributed by atoms with Gasteiger partial charge in [0.2, 0.25) is 0 Å². The number of nitrogen functional groups attached to an aromatic ring is 1. The summed E-state index contributed by atoms with van der Waals surface area (Å²) in [5.74, 6) is -2.41. The second-order valence-corrected chi connectivity index (χ2v) is 4.74. The van der Waals surface area contributed by atoms with Gasteiger partial charge in [0.25, 0.3) is 0 Å². The molecule has 0 fully saturated rings. The van der Waals surface area contributed by atoms with Crippen molar-refractivity contribution >= 4 is 28.1 Å². The molecule has 0 saturated carbocycles. The molecule has 0 amide bonds. The Morgan fingerprint density at radius 2 is 1.94 bits per heavy atom. The van der Waals surface area contributed by atoms with E-state index in [-0.39, 0.29) is 9.92 Å². The molecule has 0 aliphatic heterocycles. The van der Waals surface area contributed by atoms with E-state index in [0.717, 1.165) is 12.1 Å². The van der Waals surface area contributed by atoms with E-state index >= 15 is 0 Å². The topological polar surface area (TPSA) is 43.1 Å². The molecule has 0 aliphatic carbocycles. The third-order valence-corrected chi connectivity index (χ3v) is 3.43. The Balaban J connectivity index is 3.05. The van der Waals surface area contributed by atoms with E-state index in [4.69, 9.17) is 17.3 Å². The van der Waals surface area contributed by atoms with E-state index < -0.39 is 34.2 Å². The fourth-order valence-corrected chi connectivity index (χ4v) is 2.34. The fourth-order valence-electron chi connectivity index (χ4n) is 0.946. The molecule has 0 spiro atoms. The molecule has 1 rings (SSSR count). The molecule has 0 bridgehead atoms. The molecule has 16 heavy (non-hydrogen) atoms. The van der Waals surface area contributed by atoms with E-state index in [0.29, 0.717) is 0 Å². The fraction of sp³-hybridized carbons (Fsp3) is 0.250. The van der Waals surface area contributed by atoms with Crippen molar-refractivity contribution in [3.63, 3.8) is 0 Å². The molecule has 8 heteroatoms. The van der Waals surface area contributed by atoms with Crippen LogP contribution in [0, 0.1) is 5.82 Å². The number of alkyl halides is 3. The molecule has 1 atom stereocenters. The minimum Gasteiger partial charge on any atom is -0.396 e. The molecule has 0 radical (unpaired) electrons. The van der Waals surface area contributed by atoms with Crippen LogP contribution in [0.3, 0.4) is 0 Å². The molecule has 0 heterocycles. The molecule has 1 aromatic carbocycles. The first-order chi connectivity index (χ1) is 7.20. The van der Waals surface area contributed by atoms with E-state index in [1.165, 1.54) is 0 Å². The molecule has 0 aliphatic rings. The number of rotatable bonds is 2. The Kier molecular flexibility index (Phi) is 3.80. The monoisotopic (exact) mass is 275 g/mol. The van der Waals surface area contributed by atoms with E-state index in [1.54, 1.807) is 0 Å². The van der Waals surface area contributed by atoms with Crippen molar-refractivity contribution in [1.29, 1.82) is 0 Å². The number of hydrogen-bond donors (Lipinski definition) is 1. The third kappa shape index (κ3) is 3.34. The molecule has 2 nitrogen and oxygen atoms in total. The summed E-state index contributed by atoms with van der Waals surface area (Å²) >= 11 is 5.47. The van der Waals surface area contributed by atoms with Crippen molar-refractivity contribution in [1.82, 2.24) is 0 Å². The lowest BCUT2D eigenvalue weighted by molar-refractivity contribution is -0.105. The Hall–Kier alpha value is -0.820. The Labute approximate surface area is 95.8 Å². The minimum atomic E-state index is -4.59. The van der Waals surface area contributed by atoms with Crippen LogP contribution in [-0.4, -0.2) is 16.1 Å². The summed E-state index contributed by atoms with van der Waals surface area (Å²) in [4.78, 5) is -0.321. The van der Waals surface area contributed by atoms with Crippen LogP contribution in [0.4, 0.5) is 23.2 Å². The predicted molar refractivity (Wildman–Crippen MR) is 53.2 cm³/mol. The van der Waals surface area contributed by atoms with Crippen molar-refractivity contribution < 1.29 is 21.8 Å². The summed E-state index contributed by atoms with van der Waals surface area (Å²) in [6, 6.07) is 1.58. The third-order valence-electron chi connectivity index (χ3n) is 1.59. The zero-order valence-electron chi connectivity index (χ0n) is 7.65. The minimum absolute atomic E-state index is 0.321. The maximum atomic E-state index is 12.8. The number of benzene rings is 1. The highest BCUT2D eigenvalue weighted by atomic mass is 35.5. The lowest BCUT2D eigenvalue weighted by Gasteiger charge is -2.08. The van der Waals surface area contributed by atoms with Crippen LogP contribution < -0.4 is 5.73 Å². The Morgan fingerprint density at radius 3 is 2.44 bits per heavy atom. The van der Waals surface area contributed by atoms with Gasteiger partial charge in [-0.2, -0.15) is 13.2 Å². The van der Waals surface area contributed by atoms with Crippen LogP contribution in [0.25, 0.3) is 0 Å². The maximum absolute atomic E-state index is 12.8. The van der Waals surface area contributed by atoms with Crippen LogP contribution >= 0.6 is 11.6 Å². The summed E-state index contributed by atoms with van der Waals surface area (Å²) < 4.78 is 60.0. The van der Waals surface area contributed by atoms with Crippen molar-refractivity contribution in [3.8, 4) is 0 Å². The van der Waals surface area contributed by atoms with Gasteiger partial charge in [-0.25, -0.2) is 4.39 Å². The first-order valence-electron chi connectivity index (χ1n) is 3.90. The van der Waals surface area contributed by atoms with Crippen LogP contribution in [0.15, 0.2) is 17.0 Å². The van der Waals surface area contributed by atoms with Gasteiger partial charge in [0.05, 0.1) is 26.4 Å². The van der Waals surface area contributed by atoms with Gasteiger partial charge in [0.15, 0.2) is 0 Å². The Morgan fingerprint density at radius 1 is 1.38 bits per heavy atom. The predicted octanol–water partition coefficient (Wildman–Crippen LogP) is 2.73. The first-order valence-corrected chi connectivity index (χ1v) is 5.60. The van der Waals surface area contributed by atoms with E-state index in [1.807, 2.05) is 0 Å². The zero-order valence-corrected chi connectivity index (χ0v) is 9.22. The first kappa shape index (κ1) is 13.2. The van der Waals surface area contributed by atoms with Gasteiger partial charge in [-0.1, -0.05) is 11.6 Å². The van der Waals surface area contributed by atoms with Gasteiger partial charge in [0, 0.05) is 0 Å². The van der Waals surface area contributed by atoms with Gasteiger partial charge in [-0.15, -0.1) is 0 Å². The highest BCUT2D eigenvalue weighted by Crippen LogP contribution is 2.28. The van der Waals surface area contributed by atoms with Gasteiger partial charge in [-0.05, 0) is 12.1 Å². The quantitative estimate of drug-likeness (QED) is 0.666. The van der Waals surface area contributed by atoms with E-state index in [2.05, 4.69) is 0 Å². The normalized spacial score (nSPS) is 13.8. The van der Waals surface area contributed by atoms with Gasteiger partial charge < -0.3 is 5.73 Å². The standard InChI is InChI=1S/C8H6ClF4NOS/c9-4-1-5(10)6(14)2-7(4)16(15)3-8(11,12)13/h1-2H,3,14H2. The Bertz CT molecular complexity index is 435. The van der Waals surface area contributed by atoms with Crippen molar-refractivity contribution in [2.75, 3.05) is 11.5 Å². The molecule has 0 aromatic heterocycles. The molecular weight excluding hydrogens is 270 g/mol. The SMILES string of the molecule is Nc1cc(S(=O)CC(F)(F)F)c(Cl)cc1F. The highest BCUT2D eigenvalue weighted by Gasteiger charge is 2.31. The van der Waals surface area contributed by atoms with Gasteiger partial charge >= 0.3 is 6.18 Å². The van der Waals surface area contributed by atoms with Crippen molar-refractivity contribution in [2.24, 2.45) is 0 Å². The summed E-state index contributed by atoms with van der Waals surface area (Å²) in [5, 5.41) is -0.339. The lowest BCUT2D eigenvalue weighted by Crippen LogP contribution is -2.18. The van der Waals surface area contributed by atoms with Crippen molar-refractivity contribution in [2.45, 2.75) is 11.1 Å². The smallest absolute Gasteiger partial charge is 0.396 e. The van der Waals surface area contributed by atoms with E-state index in [9.17, 15) is 21.8 Å². The number of nitrogens with two attached hydrogens (primary N) is 1. The van der Waals surface area contributed by atoms with Crippen LogP contribution in [0.1, 0.15) is 0 Å². The van der Waals surface area contributed by atoms with Crippen LogP contribution in [-0.2, 0) is 10.8 Å². The van der Waals surface area contributed by atoms with Crippen LogP contribution in [0.5, 0.6) is 0 Å². The molecular formula is C8H6ClF4NOS. The largest absolute Gasteiger partial charge is 0.400 e. The number of halogens is 5. The van der Waals surface area contributed by atoms with Gasteiger partial charge in [-0.3, -0.25) is 4.21 Å². The molecule has 0 saturated heterocycles. The van der Waals surface area contributed by atoms with Crippen molar-refractivity contribution in [3.05, 3.63) is 23.0 Å². The maximum Gasteiger partial charge on any atom is 0.400 e. The zero-order chi connectivity index (χ0) is 12.5. The van der Waals surface area contributed by atoms with Crippen LogP contribution in [0.2, 0.25) is 5.02 Å². The average Bonchev–Trinajstić information content (AvgIpc) is 2.08. The highest BCUT2D eigenvalue weighted by molar-refractivity contribution is 7.85. The van der Waals surface area contributed by atoms with Gasteiger partial charge in [0.1, 0.15) is 11.6 Å². The molecule has 1 unspecified atom stereocenters. The average molecular weight is 276 g/mol. The second kappa shape index (κ2) is 4.58. The summed E-state index contributed by atoms with van der Waals surface area (Å²) in [6.07, 6.45) is -4.59. The number of hydrogen-bond acceptors (Lipinski definition) is 2. The molecule has 90 valence electrons. The second-order valence-electron chi connectivity index (χ2n) is 2.91.